The summed E-state index contributed by atoms with van der Waals surface area (Å²) >= 11 is 0. The van der Waals surface area contributed by atoms with Crippen molar-refractivity contribution in [2.24, 2.45) is 0 Å². The van der Waals surface area contributed by atoms with Crippen LogP contribution in [0, 0.1) is 0 Å². The Bertz CT molecular complexity index is 589. The Kier molecular flexibility index (Phi) is 3.23. The average molecular weight is 248 g/mol. The van der Waals surface area contributed by atoms with E-state index in [2.05, 4.69) is 4.98 Å². The van der Waals surface area contributed by atoms with Gasteiger partial charge in [-0.25, -0.2) is 9.78 Å². The Morgan fingerprint density at radius 3 is 2.89 bits per heavy atom. The molecule has 0 aliphatic carbocycles. The number of nitrogens with zero attached hydrogens (tertiary/aromatic N) is 2. The molecule has 1 N–H and O–H groups in total. The Balaban J connectivity index is 2.78. The Morgan fingerprint density at radius 1 is 1.61 bits per heavy atom. The summed E-state index contributed by atoms with van der Waals surface area (Å²) < 4.78 is 6.78. The van der Waals surface area contributed by atoms with E-state index >= 15 is 0 Å². The van der Waals surface area contributed by atoms with Crippen LogP contribution in [0.3, 0.4) is 0 Å². The summed E-state index contributed by atoms with van der Waals surface area (Å²) in [6.45, 7) is 3.98. The molecule has 0 aliphatic rings. The number of fused-ring (bicyclic) bond motifs is 1. The molecule has 96 valence electrons. The van der Waals surface area contributed by atoms with Gasteiger partial charge in [0.25, 0.3) is 0 Å². The van der Waals surface area contributed by atoms with Gasteiger partial charge in [0.2, 0.25) is 0 Å². The molecular weight excluding hydrogens is 232 g/mol. The van der Waals surface area contributed by atoms with Gasteiger partial charge in [0, 0.05) is 12.1 Å². The monoisotopic (exact) mass is 248 g/mol. The lowest BCUT2D eigenvalue weighted by Crippen LogP contribution is -2.07. The number of methoxy groups -OCH3 is 1. The highest BCUT2D eigenvalue weighted by atomic mass is 16.5. The third kappa shape index (κ3) is 1.81. The summed E-state index contributed by atoms with van der Waals surface area (Å²) in [5, 5.41) is 9.36. The number of pyridine rings is 1. The summed E-state index contributed by atoms with van der Waals surface area (Å²) in [5.74, 6) is -0.290. The number of aromatic carboxylic acids is 1. The van der Waals surface area contributed by atoms with Crippen molar-refractivity contribution in [1.82, 2.24) is 9.38 Å². The van der Waals surface area contributed by atoms with E-state index in [4.69, 9.17) is 4.74 Å². The number of imidazole rings is 1. The zero-order chi connectivity index (χ0) is 13.3. The van der Waals surface area contributed by atoms with Crippen LogP contribution < -0.4 is 4.74 Å². The van der Waals surface area contributed by atoms with Crippen LogP contribution in [0.15, 0.2) is 18.3 Å². The van der Waals surface area contributed by atoms with Crippen LogP contribution in [-0.4, -0.2) is 27.6 Å². The van der Waals surface area contributed by atoms with Crippen molar-refractivity contribution < 1.29 is 14.6 Å². The number of carboxylic acid groups (broad SMARTS) is 1. The van der Waals surface area contributed by atoms with E-state index in [1.165, 1.54) is 0 Å². The first-order valence-electron chi connectivity index (χ1n) is 5.88. The SMILES string of the molecule is CCC(C)c1nc2c(OC)cccn2c1C(=O)O. The van der Waals surface area contributed by atoms with Crippen LogP contribution in [0.1, 0.15) is 42.4 Å². The molecule has 5 heteroatoms. The molecule has 2 heterocycles. The van der Waals surface area contributed by atoms with E-state index in [-0.39, 0.29) is 11.6 Å². The maximum atomic E-state index is 11.4. The smallest absolute Gasteiger partial charge is 0.354 e. The van der Waals surface area contributed by atoms with Crippen LogP contribution in [0.25, 0.3) is 5.65 Å². The van der Waals surface area contributed by atoms with Gasteiger partial charge in [-0.3, -0.25) is 4.40 Å². The molecule has 0 amide bonds. The predicted octanol–water partition coefficient (Wildman–Crippen LogP) is 2.55. The number of rotatable bonds is 4. The molecule has 1 atom stereocenters. The lowest BCUT2D eigenvalue weighted by Gasteiger charge is -2.05. The van der Waals surface area contributed by atoms with Gasteiger partial charge >= 0.3 is 5.97 Å². The van der Waals surface area contributed by atoms with E-state index in [1.807, 2.05) is 13.8 Å². The van der Waals surface area contributed by atoms with Crippen LogP contribution in [0.5, 0.6) is 5.75 Å². The zero-order valence-corrected chi connectivity index (χ0v) is 10.7. The maximum Gasteiger partial charge on any atom is 0.354 e. The first kappa shape index (κ1) is 12.4. The summed E-state index contributed by atoms with van der Waals surface area (Å²) in [6, 6.07) is 3.52. The Labute approximate surface area is 105 Å². The molecule has 0 saturated carbocycles. The predicted molar refractivity (Wildman–Crippen MR) is 67.4 cm³/mol. The van der Waals surface area contributed by atoms with E-state index in [1.54, 1.807) is 29.8 Å². The zero-order valence-electron chi connectivity index (χ0n) is 10.7. The molecule has 2 aromatic heterocycles. The van der Waals surface area contributed by atoms with Crippen LogP contribution in [0.4, 0.5) is 0 Å². The summed E-state index contributed by atoms with van der Waals surface area (Å²) in [7, 11) is 1.55. The molecular formula is C13H16N2O3. The quantitative estimate of drug-likeness (QED) is 0.903. The summed E-state index contributed by atoms with van der Waals surface area (Å²) in [5.41, 5.74) is 1.38. The number of carboxylic acids is 1. The minimum absolute atomic E-state index is 0.0979. The van der Waals surface area contributed by atoms with Crippen molar-refractivity contribution in [1.29, 1.82) is 0 Å². The molecule has 18 heavy (non-hydrogen) atoms. The second kappa shape index (κ2) is 4.68. The maximum absolute atomic E-state index is 11.4. The van der Waals surface area contributed by atoms with Crippen molar-refractivity contribution in [2.75, 3.05) is 7.11 Å². The molecule has 0 bridgehead atoms. The van der Waals surface area contributed by atoms with Gasteiger partial charge in [-0.15, -0.1) is 0 Å². The third-order valence-electron chi connectivity index (χ3n) is 3.14. The highest BCUT2D eigenvalue weighted by Gasteiger charge is 2.23. The van der Waals surface area contributed by atoms with E-state index < -0.39 is 5.97 Å². The van der Waals surface area contributed by atoms with Crippen LogP contribution >= 0.6 is 0 Å². The van der Waals surface area contributed by atoms with Crippen LogP contribution in [0.2, 0.25) is 0 Å². The van der Waals surface area contributed by atoms with Crippen molar-refractivity contribution in [3.05, 3.63) is 29.7 Å². The van der Waals surface area contributed by atoms with Gasteiger partial charge < -0.3 is 9.84 Å². The lowest BCUT2D eigenvalue weighted by molar-refractivity contribution is 0.0687. The van der Waals surface area contributed by atoms with Crippen molar-refractivity contribution in [3.63, 3.8) is 0 Å². The van der Waals surface area contributed by atoms with Gasteiger partial charge in [0.1, 0.15) is 0 Å². The largest absolute Gasteiger partial charge is 0.493 e. The highest BCUT2D eigenvalue weighted by molar-refractivity contribution is 5.89. The molecule has 2 aromatic rings. The minimum atomic E-state index is -0.967. The molecule has 5 nitrogen and oxygen atoms in total. The van der Waals surface area contributed by atoms with Gasteiger partial charge in [-0.2, -0.15) is 0 Å². The summed E-state index contributed by atoms with van der Waals surface area (Å²) in [4.78, 5) is 15.8. The normalized spacial score (nSPS) is 12.6. The van der Waals surface area contributed by atoms with Gasteiger partial charge in [0.05, 0.1) is 12.8 Å². The third-order valence-corrected chi connectivity index (χ3v) is 3.14. The minimum Gasteiger partial charge on any atom is -0.493 e. The van der Waals surface area contributed by atoms with E-state index in [0.29, 0.717) is 17.1 Å². The van der Waals surface area contributed by atoms with Crippen LogP contribution in [-0.2, 0) is 0 Å². The van der Waals surface area contributed by atoms with Crippen molar-refractivity contribution >= 4 is 11.6 Å². The second-order valence-electron chi connectivity index (χ2n) is 4.23. The van der Waals surface area contributed by atoms with E-state index in [9.17, 15) is 9.90 Å². The fourth-order valence-corrected chi connectivity index (χ4v) is 1.97. The molecule has 0 radical (unpaired) electrons. The lowest BCUT2D eigenvalue weighted by atomic mass is 10.0. The number of hydrogen-bond donors (Lipinski definition) is 1. The second-order valence-corrected chi connectivity index (χ2v) is 4.23. The fraction of sp³-hybridized carbons (Fsp3) is 0.385. The van der Waals surface area contributed by atoms with E-state index in [0.717, 1.165) is 6.42 Å². The first-order valence-corrected chi connectivity index (χ1v) is 5.88. The average Bonchev–Trinajstić information content (AvgIpc) is 2.76. The molecule has 0 fully saturated rings. The van der Waals surface area contributed by atoms with Gasteiger partial charge in [-0.05, 0) is 18.6 Å². The van der Waals surface area contributed by atoms with Gasteiger partial charge in [-0.1, -0.05) is 13.8 Å². The fourth-order valence-electron chi connectivity index (χ4n) is 1.97. The molecule has 0 spiro atoms. The highest BCUT2D eigenvalue weighted by Crippen LogP contribution is 2.27. The molecule has 0 aromatic carbocycles. The Hall–Kier alpha value is -2.04. The molecule has 0 saturated heterocycles. The Morgan fingerprint density at radius 2 is 2.33 bits per heavy atom. The number of ether oxygens (including phenoxy) is 1. The molecule has 1 unspecified atom stereocenters. The summed E-state index contributed by atoms with van der Waals surface area (Å²) in [6.07, 6.45) is 2.53. The topological polar surface area (TPSA) is 63.8 Å². The molecule has 2 rings (SSSR count). The standard InChI is InChI=1S/C13H16N2O3/c1-4-8(2)10-11(13(16)17)15-7-5-6-9(18-3)12(15)14-10/h5-8H,4H2,1-3H3,(H,16,17). The van der Waals surface area contributed by atoms with Crippen molar-refractivity contribution in [3.8, 4) is 5.75 Å². The number of aromatic nitrogens is 2. The first-order chi connectivity index (χ1) is 8.60. The molecule has 0 aliphatic heterocycles. The number of hydrogen-bond acceptors (Lipinski definition) is 3. The number of carbonyl (C=O) groups is 1. The van der Waals surface area contributed by atoms with Gasteiger partial charge in [0.15, 0.2) is 17.1 Å². The van der Waals surface area contributed by atoms with Crippen molar-refractivity contribution in [2.45, 2.75) is 26.2 Å².